The number of piperazine rings is 1. The van der Waals surface area contributed by atoms with E-state index >= 15 is 0 Å². The molecule has 1 aliphatic heterocycles. The molecule has 2 aromatic carbocycles. The van der Waals surface area contributed by atoms with Crippen LogP contribution >= 0.6 is 11.3 Å². The highest BCUT2D eigenvalue weighted by molar-refractivity contribution is 7.13. The Bertz CT molecular complexity index is 1730. The van der Waals surface area contributed by atoms with Crippen molar-refractivity contribution in [3.05, 3.63) is 101 Å². The molecule has 1 saturated heterocycles. The zero-order valence-electron chi connectivity index (χ0n) is 24.5. The monoisotopic (exact) mass is 590 g/mol. The highest BCUT2D eigenvalue weighted by Crippen LogP contribution is 2.28. The van der Waals surface area contributed by atoms with Crippen molar-refractivity contribution in [2.45, 2.75) is 20.4 Å². The van der Waals surface area contributed by atoms with E-state index in [0.29, 0.717) is 17.2 Å². The van der Waals surface area contributed by atoms with Crippen molar-refractivity contribution < 1.29 is 4.79 Å². The van der Waals surface area contributed by atoms with Gasteiger partial charge in [-0.25, -0.2) is 15.0 Å². The molecule has 6 rings (SSSR count). The fraction of sp³-hybridized carbons (Fsp3) is 0.242. The Morgan fingerprint density at radius 2 is 1.72 bits per heavy atom. The van der Waals surface area contributed by atoms with Gasteiger partial charge in [0, 0.05) is 90.5 Å². The molecule has 0 saturated carbocycles. The van der Waals surface area contributed by atoms with Crippen LogP contribution in [0.5, 0.6) is 0 Å². The number of nitrogens with one attached hydrogen (secondary N) is 2. The average Bonchev–Trinajstić information content (AvgIpc) is 3.47. The summed E-state index contributed by atoms with van der Waals surface area (Å²) in [6, 6.07) is 17.5. The SMILES string of the molecule is Cc1csc(-c2cncc(-c3ccnc(Nc4cc(NC(=O)c5ccc(CN6CCN(C)CC6)cc5)ccc4C)n3)c2)n1. The number of amides is 1. The molecule has 218 valence electrons. The Morgan fingerprint density at radius 3 is 2.49 bits per heavy atom. The average molecular weight is 591 g/mol. The topological polar surface area (TPSA) is 99.2 Å². The maximum Gasteiger partial charge on any atom is 0.255 e. The minimum absolute atomic E-state index is 0.151. The van der Waals surface area contributed by atoms with Crippen molar-refractivity contribution in [3.8, 4) is 21.8 Å². The standard InChI is InChI=1S/C33H34N8OS/c1-22-4-9-28(37-31(42)25-7-5-24(6-8-25)20-41-14-12-40(3)13-15-41)17-30(22)39-33-35-11-10-29(38-33)26-16-27(19-34-18-26)32-36-23(2)21-43-32/h4-11,16-19,21H,12-15,20H2,1-3H3,(H,37,42)(H,35,38,39). The van der Waals surface area contributed by atoms with Crippen LogP contribution in [-0.4, -0.2) is 68.9 Å². The molecule has 1 aliphatic rings. The highest BCUT2D eigenvalue weighted by atomic mass is 32.1. The first-order chi connectivity index (χ1) is 20.9. The first-order valence-corrected chi connectivity index (χ1v) is 15.2. The number of benzene rings is 2. The van der Waals surface area contributed by atoms with E-state index in [1.807, 2.05) is 80.0 Å². The molecule has 2 N–H and O–H groups in total. The fourth-order valence-corrected chi connectivity index (χ4v) is 5.73. The van der Waals surface area contributed by atoms with Gasteiger partial charge in [-0.05, 0) is 68.4 Å². The second kappa shape index (κ2) is 12.8. The number of carbonyl (C=O) groups is 1. The maximum absolute atomic E-state index is 13.1. The van der Waals surface area contributed by atoms with E-state index in [0.717, 1.165) is 71.5 Å². The van der Waals surface area contributed by atoms with E-state index in [1.165, 1.54) is 5.56 Å². The van der Waals surface area contributed by atoms with Crippen LogP contribution in [0.2, 0.25) is 0 Å². The Morgan fingerprint density at radius 1 is 0.930 bits per heavy atom. The summed E-state index contributed by atoms with van der Waals surface area (Å²) in [6.45, 7) is 9.19. The third kappa shape index (κ3) is 7.11. The van der Waals surface area contributed by atoms with Gasteiger partial charge in [0.15, 0.2) is 0 Å². The van der Waals surface area contributed by atoms with Gasteiger partial charge in [-0.3, -0.25) is 14.7 Å². The van der Waals surface area contributed by atoms with Gasteiger partial charge in [-0.2, -0.15) is 0 Å². The third-order valence-electron chi connectivity index (χ3n) is 7.52. The normalized spacial score (nSPS) is 14.0. The van der Waals surface area contributed by atoms with Crippen LogP contribution in [0.4, 0.5) is 17.3 Å². The van der Waals surface area contributed by atoms with Crippen molar-refractivity contribution >= 4 is 34.6 Å². The third-order valence-corrected chi connectivity index (χ3v) is 8.52. The molecule has 0 aliphatic carbocycles. The second-order valence-corrected chi connectivity index (χ2v) is 11.8. The van der Waals surface area contributed by atoms with Crippen LogP contribution in [0.1, 0.15) is 27.2 Å². The molecule has 43 heavy (non-hydrogen) atoms. The van der Waals surface area contributed by atoms with Gasteiger partial charge in [0.1, 0.15) is 5.01 Å². The summed E-state index contributed by atoms with van der Waals surface area (Å²) in [7, 11) is 2.16. The molecule has 0 bridgehead atoms. The zero-order valence-corrected chi connectivity index (χ0v) is 25.4. The Labute approximate surface area is 255 Å². The zero-order chi connectivity index (χ0) is 29.8. The van der Waals surface area contributed by atoms with E-state index in [-0.39, 0.29) is 5.91 Å². The number of anilines is 3. The number of aromatic nitrogens is 4. The molecule has 1 amide bonds. The number of nitrogens with zero attached hydrogens (tertiary/aromatic N) is 6. The van der Waals surface area contributed by atoms with Gasteiger partial charge in [-0.15, -0.1) is 11.3 Å². The summed E-state index contributed by atoms with van der Waals surface area (Å²) in [6.07, 6.45) is 5.32. The number of thiazole rings is 1. The van der Waals surface area contributed by atoms with Gasteiger partial charge in [0.05, 0.1) is 5.69 Å². The lowest BCUT2D eigenvalue weighted by Gasteiger charge is -2.32. The molecule has 9 nitrogen and oxygen atoms in total. The molecule has 0 atom stereocenters. The number of pyridine rings is 1. The van der Waals surface area contributed by atoms with Crippen molar-refractivity contribution in [2.75, 3.05) is 43.9 Å². The summed E-state index contributed by atoms with van der Waals surface area (Å²) in [5.41, 5.74) is 7.90. The molecule has 10 heteroatoms. The highest BCUT2D eigenvalue weighted by Gasteiger charge is 2.15. The van der Waals surface area contributed by atoms with Crippen molar-refractivity contribution in [1.29, 1.82) is 0 Å². The minimum Gasteiger partial charge on any atom is -0.324 e. The molecule has 3 aromatic heterocycles. The number of hydrogen-bond acceptors (Lipinski definition) is 9. The van der Waals surface area contributed by atoms with Gasteiger partial charge in [-0.1, -0.05) is 18.2 Å². The first kappa shape index (κ1) is 28.6. The summed E-state index contributed by atoms with van der Waals surface area (Å²) >= 11 is 1.59. The molecule has 1 fully saturated rings. The van der Waals surface area contributed by atoms with E-state index in [9.17, 15) is 4.79 Å². The summed E-state index contributed by atoms with van der Waals surface area (Å²) in [4.78, 5) is 36.0. The Kier molecular flexibility index (Phi) is 8.50. The van der Waals surface area contributed by atoms with Crippen LogP contribution < -0.4 is 10.6 Å². The Hall–Kier alpha value is -4.51. The number of hydrogen-bond donors (Lipinski definition) is 2. The number of carbonyl (C=O) groups excluding carboxylic acids is 1. The van der Waals surface area contributed by atoms with Crippen molar-refractivity contribution in [3.63, 3.8) is 0 Å². The fourth-order valence-electron chi connectivity index (χ4n) is 4.95. The maximum atomic E-state index is 13.1. The van der Waals surface area contributed by atoms with Crippen LogP contribution in [0, 0.1) is 13.8 Å². The second-order valence-electron chi connectivity index (χ2n) is 10.9. The summed E-state index contributed by atoms with van der Waals surface area (Å²) < 4.78 is 0. The number of aryl methyl sites for hydroxylation is 2. The van der Waals surface area contributed by atoms with Crippen LogP contribution in [0.15, 0.2) is 78.6 Å². The summed E-state index contributed by atoms with van der Waals surface area (Å²) in [5, 5.41) is 9.31. The van der Waals surface area contributed by atoms with E-state index in [4.69, 9.17) is 4.98 Å². The van der Waals surface area contributed by atoms with Crippen LogP contribution in [0.3, 0.4) is 0 Å². The molecule has 5 aromatic rings. The lowest BCUT2D eigenvalue weighted by atomic mass is 10.1. The van der Waals surface area contributed by atoms with Crippen LogP contribution in [0.25, 0.3) is 21.8 Å². The lowest BCUT2D eigenvalue weighted by molar-refractivity contribution is 0.102. The molecular weight excluding hydrogens is 556 g/mol. The predicted octanol–water partition coefficient (Wildman–Crippen LogP) is 6.02. The predicted molar refractivity (Wildman–Crippen MR) is 173 cm³/mol. The molecule has 4 heterocycles. The largest absolute Gasteiger partial charge is 0.324 e. The van der Waals surface area contributed by atoms with E-state index in [2.05, 4.69) is 42.4 Å². The lowest BCUT2D eigenvalue weighted by Crippen LogP contribution is -2.43. The molecular formula is C33H34N8OS. The van der Waals surface area contributed by atoms with Crippen molar-refractivity contribution in [2.24, 2.45) is 0 Å². The quantitative estimate of drug-likeness (QED) is 0.226. The van der Waals surface area contributed by atoms with Gasteiger partial charge < -0.3 is 15.5 Å². The van der Waals surface area contributed by atoms with Gasteiger partial charge in [0.25, 0.3) is 5.91 Å². The van der Waals surface area contributed by atoms with E-state index in [1.54, 1.807) is 23.7 Å². The molecule has 0 spiro atoms. The van der Waals surface area contributed by atoms with E-state index < -0.39 is 0 Å². The summed E-state index contributed by atoms with van der Waals surface area (Å²) in [5.74, 6) is 0.303. The Balaban J connectivity index is 1.12. The molecule has 0 radical (unpaired) electrons. The first-order valence-electron chi connectivity index (χ1n) is 14.3. The van der Waals surface area contributed by atoms with Crippen LogP contribution in [-0.2, 0) is 6.54 Å². The van der Waals surface area contributed by atoms with Gasteiger partial charge >= 0.3 is 0 Å². The number of rotatable bonds is 8. The molecule has 0 unspecified atom stereocenters. The van der Waals surface area contributed by atoms with Gasteiger partial charge in [0.2, 0.25) is 5.95 Å². The smallest absolute Gasteiger partial charge is 0.255 e. The van der Waals surface area contributed by atoms with Crippen molar-refractivity contribution in [1.82, 2.24) is 29.7 Å². The number of likely N-dealkylation sites (N-methyl/N-ethyl adjacent to an activating group) is 1. The minimum atomic E-state index is -0.151.